The molecule has 0 aliphatic carbocycles. The number of para-hydroxylation sites is 1. The van der Waals surface area contributed by atoms with Crippen molar-refractivity contribution in [1.82, 2.24) is 9.80 Å². The normalized spacial score (nSPS) is 28.2. The first-order valence-electron chi connectivity index (χ1n) is 11.2. The number of piperidine rings is 1. The molecule has 4 rings (SSSR count). The van der Waals surface area contributed by atoms with E-state index in [9.17, 15) is 9.59 Å². The molecular formula is C23H33N3O3. The van der Waals surface area contributed by atoms with Gasteiger partial charge < -0.3 is 15.0 Å². The molecule has 2 fully saturated rings. The van der Waals surface area contributed by atoms with Gasteiger partial charge in [-0.2, -0.15) is 0 Å². The fourth-order valence-electron chi connectivity index (χ4n) is 5.36. The summed E-state index contributed by atoms with van der Waals surface area (Å²) in [5, 5.41) is 3.09. The Labute approximate surface area is 173 Å². The summed E-state index contributed by atoms with van der Waals surface area (Å²) in [6.07, 6.45) is 7.59. The number of hydrogen-bond acceptors (Lipinski definition) is 4. The van der Waals surface area contributed by atoms with Gasteiger partial charge in [-0.25, -0.2) is 4.79 Å². The first kappa shape index (κ1) is 20.2. The molecule has 0 radical (unpaired) electrons. The molecule has 6 heteroatoms. The maximum atomic E-state index is 12.4. The minimum absolute atomic E-state index is 0.117. The van der Waals surface area contributed by atoms with E-state index in [2.05, 4.69) is 16.3 Å². The topological polar surface area (TPSA) is 61.9 Å². The third kappa shape index (κ3) is 4.58. The van der Waals surface area contributed by atoms with Gasteiger partial charge in [-0.05, 0) is 70.0 Å². The molecule has 2 amide bonds. The SMILES string of the molecule is CCOC(=O)N1C2CCC1CC(N1CCCCC(=O)Nc3ccccc3CC1)C2. The van der Waals surface area contributed by atoms with E-state index in [1.807, 2.05) is 30.0 Å². The summed E-state index contributed by atoms with van der Waals surface area (Å²) >= 11 is 0. The number of anilines is 1. The quantitative estimate of drug-likeness (QED) is 0.822. The summed E-state index contributed by atoms with van der Waals surface area (Å²) in [5.74, 6) is 0.117. The van der Waals surface area contributed by atoms with Gasteiger partial charge in [-0.1, -0.05) is 18.2 Å². The summed E-state index contributed by atoms with van der Waals surface area (Å²) < 4.78 is 5.31. The average molecular weight is 400 g/mol. The van der Waals surface area contributed by atoms with Crippen molar-refractivity contribution >= 4 is 17.7 Å². The zero-order chi connectivity index (χ0) is 20.2. The Hall–Kier alpha value is -2.08. The average Bonchev–Trinajstić information content (AvgIpc) is 2.96. The standard InChI is InChI=1S/C23H33N3O3/c1-2-29-23(28)26-18-10-11-19(26)16-20(15-18)25-13-6-5-9-22(27)24-21-8-4-3-7-17(21)12-14-25/h3-4,7-8,18-20H,2,5-6,9-16H2,1H3,(H,24,27). The highest BCUT2D eigenvalue weighted by Gasteiger charge is 2.45. The van der Waals surface area contributed by atoms with Gasteiger partial charge in [0.05, 0.1) is 6.61 Å². The number of carbonyl (C=O) groups excluding carboxylic acids is 2. The van der Waals surface area contributed by atoms with Crippen molar-refractivity contribution in [2.75, 3.05) is 25.0 Å². The van der Waals surface area contributed by atoms with E-state index in [1.54, 1.807) is 0 Å². The second-order valence-corrected chi connectivity index (χ2v) is 8.56. The number of benzene rings is 1. The van der Waals surface area contributed by atoms with Crippen LogP contribution < -0.4 is 5.32 Å². The van der Waals surface area contributed by atoms with Gasteiger partial charge in [0.2, 0.25) is 5.91 Å². The van der Waals surface area contributed by atoms with Crippen molar-refractivity contribution in [3.8, 4) is 0 Å². The number of nitrogens with one attached hydrogen (secondary N) is 1. The number of rotatable bonds is 2. The molecule has 29 heavy (non-hydrogen) atoms. The van der Waals surface area contributed by atoms with Crippen LogP contribution in [0.4, 0.5) is 10.5 Å². The molecule has 0 saturated carbocycles. The van der Waals surface area contributed by atoms with E-state index in [4.69, 9.17) is 4.74 Å². The molecule has 0 aromatic heterocycles. The van der Waals surface area contributed by atoms with Crippen molar-refractivity contribution < 1.29 is 14.3 Å². The molecule has 1 N–H and O–H groups in total. The van der Waals surface area contributed by atoms with E-state index >= 15 is 0 Å². The highest BCUT2D eigenvalue weighted by molar-refractivity contribution is 5.91. The summed E-state index contributed by atoms with van der Waals surface area (Å²) in [6.45, 7) is 4.34. The molecule has 2 atom stereocenters. The maximum absolute atomic E-state index is 12.4. The molecule has 158 valence electrons. The Bertz CT molecular complexity index is 724. The summed E-state index contributed by atoms with van der Waals surface area (Å²) in [5.41, 5.74) is 2.16. The van der Waals surface area contributed by atoms with Gasteiger partial charge in [-0.3, -0.25) is 9.69 Å². The lowest BCUT2D eigenvalue weighted by Gasteiger charge is -2.43. The fourth-order valence-corrected chi connectivity index (χ4v) is 5.36. The van der Waals surface area contributed by atoms with Gasteiger partial charge >= 0.3 is 6.09 Å². The van der Waals surface area contributed by atoms with Gasteiger partial charge in [-0.15, -0.1) is 0 Å². The fraction of sp³-hybridized carbons (Fsp3) is 0.652. The van der Waals surface area contributed by atoms with E-state index in [-0.39, 0.29) is 12.0 Å². The van der Waals surface area contributed by atoms with Crippen LogP contribution >= 0.6 is 0 Å². The smallest absolute Gasteiger partial charge is 0.410 e. The summed E-state index contributed by atoms with van der Waals surface area (Å²) in [7, 11) is 0. The molecule has 6 nitrogen and oxygen atoms in total. The molecule has 3 aliphatic rings. The molecule has 2 saturated heterocycles. The number of fused-ring (bicyclic) bond motifs is 3. The third-order valence-electron chi connectivity index (χ3n) is 6.76. The molecule has 2 bridgehead atoms. The summed E-state index contributed by atoms with van der Waals surface area (Å²) in [6, 6.07) is 9.30. The van der Waals surface area contributed by atoms with Crippen LogP contribution in [0.5, 0.6) is 0 Å². The highest BCUT2D eigenvalue weighted by atomic mass is 16.6. The van der Waals surface area contributed by atoms with Crippen LogP contribution in [-0.2, 0) is 16.0 Å². The molecular weight excluding hydrogens is 366 g/mol. The zero-order valence-electron chi connectivity index (χ0n) is 17.4. The van der Waals surface area contributed by atoms with Crippen LogP contribution in [-0.4, -0.2) is 59.6 Å². The van der Waals surface area contributed by atoms with E-state index in [0.717, 1.165) is 63.7 Å². The first-order valence-corrected chi connectivity index (χ1v) is 11.2. The number of hydrogen-bond donors (Lipinski definition) is 1. The molecule has 1 aromatic carbocycles. The van der Waals surface area contributed by atoms with Crippen molar-refractivity contribution in [3.05, 3.63) is 29.8 Å². The Kier molecular flexibility index (Phi) is 6.38. The van der Waals surface area contributed by atoms with E-state index in [1.165, 1.54) is 5.56 Å². The van der Waals surface area contributed by atoms with Crippen molar-refractivity contribution in [2.24, 2.45) is 0 Å². The van der Waals surface area contributed by atoms with E-state index < -0.39 is 0 Å². The Morgan fingerprint density at radius 1 is 1.07 bits per heavy atom. The Morgan fingerprint density at radius 2 is 1.83 bits per heavy atom. The van der Waals surface area contributed by atoms with Crippen molar-refractivity contribution in [1.29, 1.82) is 0 Å². The highest BCUT2D eigenvalue weighted by Crippen LogP contribution is 2.38. The minimum atomic E-state index is -0.130. The lowest BCUT2D eigenvalue weighted by molar-refractivity contribution is -0.116. The van der Waals surface area contributed by atoms with Gasteiger partial charge in [0.1, 0.15) is 0 Å². The van der Waals surface area contributed by atoms with Crippen molar-refractivity contribution in [3.63, 3.8) is 0 Å². The van der Waals surface area contributed by atoms with Crippen LogP contribution in [0.25, 0.3) is 0 Å². The monoisotopic (exact) mass is 399 g/mol. The predicted octanol–water partition coefficient (Wildman–Crippen LogP) is 3.81. The molecule has 2 unspecified atom stereocenters. The largest absolute Gasteiger partial charge is 0.450 e. The van der Waals surface area contributed by atoms with Crippen LogP contribution in [0, 0.1) is 0 Å². The summed E-state index contributed by atoms with van der Waals surface area (Å²) in [4.78, 5) is 29.3. The third-order valence-corrected chi connectivity index (χ3v) is 6.76. The number of carbonyl (C=O) groups is 2. The molecule has 3 heterocycles. The van der Waals surface area contributed by atoms with Gasteiger partial charge in [0.25, 0.3) is 0 Å². The van der Waals surface area contributed by atoms with Crippen LogP contribution in [0.3, 0.4) is 0 Å². The molecule has 0 spiro atoms. The molecule has 3 aliphatic heterocycles. The van der Waals surface area contributed by atoms with Gasteiger partial charge in [0.15, 0.2) is 0 Å². The number of nitrogens with zero attached hydrogens (tertiary/aromatic N) is 2. The first-order chi connectivity index (χ1) is 14.2. The lowest BCUT2D eigenvalue weighted by Crippen LogP contribution is -2.53. The van der Waals surface area contributed by atoms with Crippen LogP contribution in [0.1, 0.15) is 57.4 Å². The number of amides is 2. The van der Waals surface area contributed by atoms with E-state index in [0.29, 0.717) is 31.2 Å². The second-order valence-electron chi connectivity index (χ2n) is 8.56. The Morgan fingerprint density at radius 3 is 2.59 bits per heavy atom. The molecule has 1 aromatic rings. The zero-order valence-corrected chi connectivity index (χ0v) is 17.4. The van der Waals surface area contributed by atoms with Crippen molar-refractivity contribution in [2.45, 2.75) is 76.4 Å². The minimum Gasteiger partial charge on any atom is -0.450 e. The second kappa shape index (κ2) is 9.16. The van der Waals surface area contributed by atoms with Crippen LogP contribution in [0.15, 0.2) is 24.3 Å². The lowest BCUT2D eigenvalue weighted by atomic mass is 9.95. The maximum Gasteiger partial charge on any atom is 0.410 e. The van der Waals surface area contributed by atoms with Gasteiger partial charge in [0, 0.05) is 36.8 Å². The predicted molar refractivity (Wildman–Crippen MR) is 113 cm³/mol. The number of ether oxygens (including phenoxy) is 1. The Balaban J connectivity index is 1.46. The van der Waals surface area contributed by atoms with Crippen LogP contribution in [0.2, 0.25) is 0 Å².